The van der Waals surface area contributed by atoms with Crippen molar-refractivity contribution in [2.75, 3.05) is 29.5 Å². The summed E-state index contributed by atoms with van der Waals surface area (Å²) in [5.74, 6) is 0.306. The first kappa shape index (κ1) is 23.0. The van der Waals surface area contributed by atoms with Gasteiger partial charge in [-0.15, -0.1) is 0 Å². The Morgan fingerprint density at radius 3 is 2.92 bits per heavy atom. The Morgan fingerprint density at radius 1 is 1.22 bits per heavy atom. The SMILES string of the molecule is CC(=O)N[C@H]1CCc2cc(Nc3ncc4c(N)c(F)c(-c5cnc6c(c5C)NCCO6)cc4n3)ccc21. The van der Waals surface area contributed by atoms with Gasteiger partial charge >= 0.3 is 0 Å². The topological polar surface area (TPSA) is 127 Å². The zero-order valence-corrected chi connectivity index (χ0v) is 20.5. The van der Waals surface area contributed by atoms with Crippen LogP contribution in [0.4, 0.5) is 27.4 Å². The molecule has 0 saturated heterocycles. The molecule has 1 aliphatic heterocycles. The highest BCUT2D eigenvalue weighted by Crippen LogP contribution is 2.39. The predicted molar refractivity (Wildman–Crippen MR) is 140 cm³/mol. The summed E-state index contributed by atoms with van der Waals surface area (Å²) >= 11 is 0. The monoisotopic (exact) mass is 499 g/mol. The summed E-state index contributed by atoms with van der Waals surface area (Å²) in [5.41, 5.74) is 12.3. The van der Waals surface area contributed by atoms with Crippen LogP contribution in [0.3, 0.4) is 0 Å². The average Bonchev–Trinajstić information content (AvgIpc) is 3.28. The van der Waals surface area contributed by atoms with E-state index in [1.807, 2.05) is 25.1 Å². The van der Waals surface area contributed by atoms with Crippen LogP contribution in [0.15, 0.2) is 36.7 Å². The van der Waals surface area contributed by atoms with Gasteiger partial charge in [0, 0.05) is 48.1 Å². The van der Waals surface area contributed by atoms with Crippen molar-refractivity contribution < 1.29 is 13.9 Å². The van der Waals surface area contributed by atoms with Crippen molar-refractivity contribution in [2.24, 2.45) is 0 Å². The largest absolute Gasteiger partial charge is 0.474 e. The van der Waals surface area contributed by atoms with Crippen molar-refractivity contribution >= 4 is 39.8 Å². The fourth-order valence-electron chi connectivity index (χ4n) is 5.14. The minimum Gasteiger partial charge on any atom is -0.474 e. The second-order valence-electron chi connectivity index (χ2n) is 9.36. The number of hydrogen-bond donors (Lipinski definition) is 4. The van der Waals surface area contributed by atoms with E-state index in [4.69, 9.17) is 10.5 Å². The highest BCUT2D eigenvalue weighted by atomic mass is 19.1. The number of amides is 1. The molecule has 188 valence electrons. The molecule has 1 atom stereocenters. The predicted octanol–water partition coefficient (Wildman–Crippen LogP) is 4.39. The highest BCUT2D eigenvalue weighted by molar-refractivity contribution is 5.96. The van der Waals surface area contributed by atoms with Crippen LogP contribution < -0.4 is 26.4 Å². The third-order valence-corrected chi connectivity index (χ3v) is 6.95. The van der Waals surface area contributed by atoms with Gasteiger partial charge in [0.2, 0.25) is 17.7 Å². The Morgan fingerprint density at radius 2 is 2.08 bits per heavy atom. The molecular formula is C27H26FN7O2. The molecule has 0 saturated carbocycles. The molecule has 1 amide bonds. The van der Waals surface area contributed by atoms with E-state index in [1.165, 1.54) is 18.7 Å². The molecule has 0 unspecified atom stereocenters. The first-order chi connectivity index (χ1) is 17.9. The lowest BCUT2D eigenvalue weighted by atomic mass is 9.98. The lowest BCUT2D eigenvalue weighted by Gasteiger charge is -2.22. The quantitative estimate of drug-likeness (QED) is 0.305. The van der Waals surface area contributed by atoms with Crippen molar-refractivity contribution in [1.82, 2.24) is 20.3 Å². The first-order valence-corrected chi connectivity index (χ1v) is 12.2. The molecule has 2 aromatic carbocycles. The van der Waals surface area contributed by atoms with Crippen molar-refractivity contribution in [2.45, 2.75) is 32.7 Å². The van der Waals surface area contributed by atoms with E-state index in [9.17, 15) is 4.79 Å². The summed E-state index contributed by atoms with van der Waals surface area (Å²) in [6, 6.07) is 7.72. The van der Waals surface area contributed by atoms with Gasteiger partial charge in [-0.25, -0.2) is 19.3 Å². The molecule has 0 radical (unpaired) electrons. The number of nitrogens with two attached hydrogens (primary N) is 1. The van der Waals surface area contributed by atoms with Gasteiger partial charge in [0.1, 0.15) is 12.3 Å². The van der Waals surface area contributed by atoms with Gasteiger partial charge in [-0.1, -0.05) is 6.07 Å². The van der Waals surface area contributed by atoms with Crippen LogP contribution in [0.1, 0.15) is 36.1 Å². The first-order valence-electron chi connectivity index (χ1n) is 12.2. The number of nitrogens with one attached hydrogen (secondary N) is 3. The Balaban J connectivity index is 1.34. The summed E-state index contributed by atoms with van der Waals surface area (Å²) in [7, 11) is 0. The van der Waals surface area contributed by atoms with Gasteiger partial charge in [0.05, 0.1) is 17.2 Å². The second kappa shape index (κ2) is 8.88. The number of benzene rings is 2. The van der Waals surface area contributed by atoms with Crippen LogP contribution in [0.5, 0.6) is 5.88 Å². The number of carbonyl (C=O) groups excluding carboxylic acids is 1. The van der Waals surface area contributed by atoms with Crippen molar-refractivity contribution in [3.63, 3.8) is 0 Å². The van der Waals surface area contributed by atoms with Crippen molar-refractivity contribution in [1.29, 1.82) is 0 Å². The van der Waals surface area contributed by atoms with Gasteiger partial charge in [0.15, 0.2) is 5.82 Å². The molecule has 0 fully saturated rings. The standard InChI is InChI=1S/C27H26FN7O2/c1-13-19(11-31-26-25(13)30-7-8-37-26)18-10-22-20(24(29)23(18)28)12-32-27(35-22)34-16-4-5-17-15(9-16)3-6-21(17)33-14(2)36/h4-5,9-12,21,30H,3,6-8,29H2,1-2H3,(H,33,36)(H,32,34,35)/t21-/m0/s1. The van der Waals surface area contributed by atoms with Gasteiger partial charge in [-0.3, -0.25) is 4.79 Å². The molecule has 5 N–H and O–H groups in total. The lowest BCUT2D eigenvalue weighted by Crippen LogP contribution is -2.24. The molecular weight excluding hydrogens is 473 g/mol. The van der Waals surface area contributed by atoms with E-state index in [-0.39, 0.29) is 17.6 Å². The lowest BCUT2D eigenvalue weighted by molar-refractivity contribution is -0.119. The van der Waals surface area contributed by atoms with E-state index in [0.717, 1.165) is 35.3 Å². The fourth-order valence-corrected chi connectivity index (χ4v) is 5.14. The molecule has 4 aromatic rings. The summed E-state index contributed by atoms with van der Waals surface area (Å²) < 4.78 is 21.0. The van der Waals surface area contributed by atoms with E-state index in [1.54, 1.807) is 12.3 Å². The zero-order chi connectivity index (χ0) is 25.7. The van der Waals surface area contributed by atoms with Crippen molar-refractivity contribution in [3.8, 4) is 17.0 Å². The highest BCUT2D eigenvalue weighted by Gasteiger charge is 2.24. The number of carbonyl (C=O) groups is 1. The Hall–Kier alpha value is -4.47. The number of hydrogen-bond acceptors (Lipinski definition) is 8. The minimum absolute atomic E-state index is 0.0121. The van der Waals surface area contributed by atoms with Crippen LogP contribution >= 0.6 is 0 Å². The van der Waals surface area contributed by atoms with Crippen LogP contribution in [0.25, 0.3) is 22.0 Å². The molecule has 1 aliphatic carbocycles. The Labute approximate surface area is 212 Å². The van der Waals surface area contributed by atoms with Gasteiger partial charge < -0.3 is 26.4 Å². The van der Waals surface area contributed by atoms with E-state index < -0.39 is 5.82 Å². The molecule has 3 heterocycles. The van der Waals surface area contributed by atoms with Crippen LogP contribution in [-0.4, -0.2) is 34.0 Å². The fraction of sp³-hybridized carbons (Fsp3) is 0.259. The molecule has 2 aromatic heterocycles. The van der Waals surface area contributed by atoms with Crippen LogP contribution in [-0.2, 0) is 11.2 Å². The number of nitrogens with zero attached hydrogens (tertiary/aromatic N) is 3. The van der Waals surface area contributed by atoms with E-state index in [2.05, 4.69) is 30.9 Å². The Bertz CT molecular complexity index is 1570. The summed E-state index contributed by atoms with van der Waals surface area (Å²) in [6.07, 6.45) is 4.88. The smallest absolute Gasteiger partial charge is 0.237 e. The average molecular weight is 500 g/mol. The molecule has 37 heavy (non-hydrogen) atoms. The van der Waals surface area contributed by atoms with Gasteiger partial charge in [-0.05, 0) is 54.7 Å². The zero-order valence-electron chi connectivity index (χ0n) is 20.5. The second-order valence-corrected chi connectivity index (χ2v) is 9.36. The molecule has 0 bridgehead atoms. The number of aryl methyl sites for hydroxylation is 1. The van der Waals surface area contributed by atoms with E-state index in [0.29, 0.717) is 47.0 Å². The van der Waals surface area contributed by atoms with Gasteiger partial charge in [-0.2, -0.15) is 0 Å². The number of halogens is 1. The normalized spacial score (nSPS) is 15.9. The number of nitrogen functional groups attached to an aromatic ring is 1. The van der Waals surface area contributed by atoms with E-state index >= 15 is 4.39 Å². The number of fused-ring (bicyclic) bond motifs is 3. The third-order valence-electron chi connectivity index (χ3n) is 6.95. The number of pyridine rings is 1. The maximum absolute atomic E-state index is 15.4. The third kappa shape index (κ3) is 4.04. The minimum atomic E-state index is -0.536. The molecule has 0 spiro atoms. The Kier molecular flexibility index (Phi) is 5.51. The number of anilines is 4. The number of rotatable bonds is 4. The molecule has 6 rings (SSSR count). The maximum atomic E-state index is 15.4. The number of aromatic nitrogens is 3. The summed E-state index contributed by atoms with van der Waals surface area (Å²) in [5, 5.41) is 9.95. The molecule has 2 aliphatic rings. The van der Waals surface area contributed by atoms with Crippen LogP contribution in [0.2, 0.25) is 0 Å². The molecule has 10 heteroatoms. The van der Waals surface area contributed by atoms with Crippen LogP contribution in [0, 0.1) is 12.7 Å². The summed E-state index contributed by atoms with van der Waals surface area (Å²) in [6.45, 7) is 4.61. The summed E-state index contributed by atoms with van der Waals surface area (Å²) in [4.78, 5) is 24.9. The maximum Gasteiger partial charge on any atom is 0.237 e. The van der Waals surface area contributed by atoms with Gasteiger partial charge in [0.25, 0.3) is 0 Å². The number of ether oxygens (including phenoxy) is 1. The molecule has 9 nitrogen and oxygen atoms in total. The van der Waals surface area contributed by atoms with Crippen molar-refractivity contribution in [3.05, 3.63) is 59.2 Å².